The number of rotatable bonds is 10. The molecule has 142 valence electrons. The third-order valence-corrected chi connectivity index (χ3v) is 3.61. The van der Waals surface area contributed by atoms with Crippen molar-refractivity contribution in [2.75, 3.05) is 18.5 Å². The van der Waals surface area contributed by atoms with Gasteiger partial charge in [0.05, 0.1) is 22.0 Å². The van der Waals surface area contributed by atoms with Gasteiger partial charge in [0.15, 0.2) is 0 Å². The highest BCUT2D eigenvalue weighted by atomic mass is 16.6. The van der Waals surface area contributed by atoms with Crippen molar-refractivity contribution < 1.29 is 19.4 Å². The normalized spacial score (nSPS) is 10.2. The number of pyridine rings is 1. The largest absolute Gasteiger partial charge is 0.462 e. The second-order valence-electron chi connectivity index (χ2n) is 5.59. The number of anilines is 1. The number of esters is 1. The van der Waals surface area contributed by atoms with Crippen LogP contribution in [0.5, 0.6) is 0 Å². The lowest BCUT2D eigenvalue weighted by atomic mass is 10.2. The van der Waals surface area contributed by atoms with E-state index in [1.165, 1.54) is 36.5 Å². The Balaban J connectivity index is 1.61. The minimum Gasteiger partial charge on any atom is -0.462 e. The Bertz CT molecular complexity index is 809. The van der Waals surface area contributed by atoms with E-state index in [2.05, 4.69) is 10.3 Å². The smallest absolute Gasteiger partial charge is 0.338 e. The van der Waals surface area contributed by atoms with E-state index in [0.717, 1.165) is 12.8 Å². The topological polar surface area (TPSA) is 138 Å². The minimum atomic E-state index is -0.591. The van der Waals surface area contributed by atoms with E-state index in [4.69, 9.17) is 4.74 Å². The van der Waals surface area contributed by atoms with Crippen LogP contribution in [-0.4, -0.2) is 34.0 Å². The van der Waals surface area contributed by atoms with E-state index in [1.807, 2.05) is 0 Å². The lowest BCUT2D eigenvalue weighted by molar-refractivity contribution is -0.385. The highest BCUT2D eigenvalue weighted by Crippen LogP contribution is 2.14. The van der Waals surface area contributed by atoms with Crippen molar-refractivity contribution >= 4 is 23.2 Å². The van der Waals surface area contributed by atoms with Gasteiger partial charge in [0.1, 0.15) is 12.0 Å². The quantitative estimate of drug-likeness (QED) is 0.289. The Morgan fingerprint density at radius 2 is 1.81 bits per heavy atom. The number of carbonyl (C=O) groups is 1. The summed E-state index contributed by atoms with van der Waals surface area (Å²) >= 11 is 0. The zero-order chi connectivity index (χ0) is 19.6. The molecule has 0 spiro atoms. The zero-order valence-corrected chi connectivity index (χ0v) is 14.4. The second-order valence-corrected chi connectivity index (χ2v) is 5.59. The molecule has 10 heteroatoms. The van der Waals surface area contributed by atoms with E-state index >= 15 is 0 Å². The molecule has 10 nitrogen and oxygen atoms in total. The molecule has 27 heavy (non-hydrogen) atoms. The fourth-order valence-corrected chi connectivity index (χ4v) is 2.21. The van der Waals surface area contributed by atoms with Gasteiger partial charge in [-0.25, -0.2) is 9.78 Å². The maximum Gasteiger partial charge on any atom is 0.338 e. The van der Waals surface area contributed by atoms with Crippen LogP contribution < -0.4 is 5.32 Å². The number of nitrogens with one attached hydrogen (secondary N) is 1. The molecule has 0 aliphatic heterocycles. The molecular formula is C17H18N4O6. The minimum absolute atomic E-state index is 0.0638. The summed E-state index contributed by atoms with van der Waals surface area (Å²) in [5.74, 6) is -0.0374. The number of nitro groups is 2. The lowest BCUT2D eigenvalue weighted by Crippen LogP contribution is -2.08. The highest BCUT2D eigenvalue weighted by Gasteiger charge is 2.12. The first-order chi connectivity index (χ1) is 13.0. The standard InChI is InChI=1S/C17H18N4O6/c22-17(13-5-4-6-14(11-13)20(23)24)27-10-3-1-2-9-18-16-8-7-15(12-19-16)21(25)26/h4-8,11-12H,1-3,9-10H2,(H,18,19). The van der Waals surface area contributed by atoms with E-state index in [1.54, 1.807) is 6.07 Å². The highest BCUT2D eigenvalue weighted by molar-refractivity contribution is 5.90. The van der Waals surface area contributed by atoms with Crippen LogP contribution in [-0.2, 0) is 4.74 Å². The van der Waals surface area contributed by atoms with Crippen molar-refractivity contribution in [3.8, 4) is 0 Å². The van der Waals surface area contributed by atoms with Gasteiger partial charge in [-0.05, 0) is 31.4 Å². The van der Waals surface area contributed by atoms with Gasteiger partial charge in [0.25, 0.3) is 11.4 Å². The van der Waals surface area contributed by atoms with Gasteiger partial charge < -0.3 is 10.1 Å². The maximum atomic E-state index is 11.9. The van der Waals surface area contributed by atoms with Gasteiger partial charge in [-0.1, -0.05) is 6.07 Å². The number of nitrogens with zero attached hydrogens (tertiary/aromatic N) is 3. The van der Waals surface area contributed by atoms with Gasteiger partial charge >= 0.3 is 5.97 Å². The number of aromatic nitrogens is 1. The fraction of sp³-hybridized carbons (Fsp3) is 0.294. The van der Waals surface area contributed by atoms with Crippen LogP contribution in [0.4, 0.5) is 17.2 Å². The van der Waals surface area contributed by atoms with E-state index < -0.39 is 15.8 Å². The molecule has 2 aromatic rings. The Hall–Kier alpha value is -3.56. The molecular weight excluding hydrogens is 356 g/mol. The van der Waals surface area contributed by atoms with E-state index in [-0.39, 0.29) is 23.5 Å². The molecule has 0 fully saturated rings. The number of hydrogen-bond acceptors (Lipinski definition) is 8. The second kappa shape index (κ2) is 9.80. The molecule has 0 atom stereocenters. The molecule has 2 rings (SSSR count). The van der Waals surface area contributed by atoms with Crippen LogP contribution in [0.3, 0.4) is 0 Å². The van der Waals surface area contributed by atoms with Crippen LogP contribution in [0.15, 0.2) is 42.6 Å². The number of unbranched alkanes of at least 4 members (excludes halogenated alkanes) is 2. The number of non-ortho nitro benzene ring substituents is 1. The summed E-state index contributed by atoms with van der Waals surface area (Å²) in [5.41, 5.74) is -0.0726. The number of hydrogen-bond donors (Lipinski definition) is 1. The molecule has 0 aliphatic carbocycles. The Labute approximate surface area is 154 Å². The van der Waals surface area contributed by atoms with Crippen LogP contribution in [0.25, 0.3) is 0 Å². The van der Waals surface area contributed by atoms with Crippen molar-refractivity contribution in [1.29, 1.82) is 0 Å². The van der Waals surface area contributed by atoms with Gasteiger partial charge in [0, 0.05) is 24.7 Å². The summed E-state index contributed by atoms with van der Waals surface area (Å²) in [4.78, 5) is 36.0. The summed E-state index contributed by atoms with van der Waals surface area (Å²) in [6.45, 7) is 0.848. The van der Waals surface area contributed by atoms with Crippen molar-refractivity contribution in [3.63, 3.8) is 0 Å². The third kappa shape index (κ3) is 6.34. The Morgan fingerprint density at radius 3 is 2.48 bits per heavy atom. The molecule has 0 bridgehead atoms. The van der Waals surface area contributed by atoms with Crippen LogP contribution in [0.1, 0.15) is 29.6 Å². The number of benzene rings is 1. The summed E-state index contributed by atoms with van der Waals surface area (Å²) < 4.78 is 5.11. The molecule has 1 N–H and O–H groups in total. The molecule has 1 aromatic carbocycles. The zero-order valence-electron chi connectivity index (χ0n) is 14.4. The summed E-state index contributed by atoms with van der Waals surface area (Å²) in [6, 6.07) is 8.32. The van der Waals surface area contributed by atoms with Crippen LogP contribution >= 0.6 is 0 Å². The van der Waals surface area contributed by atoms with Crippen molar-refractivity contribution in [3.05, 3.63) is 68.4 Å². The predicted molar refractivity (Wildman–Crippen MR) is 96.6 cm³/mol. The van der Waals surface area contributed by atoms with Crippen LogP contribution in [0, 0.1) is 20.2 Å². The van der Waals surface area contributed by atoms with Gasteiger partial charge in [0.2, 0.25) is 0 Å². The molecule has 0 aliphatic rings. The number of carbonyl (C=O) groups excluding carboxylic acids is 1. The summed E-state index contributed by atoms with van der Waals surface area (Å²) in [5, 5.41) is 24.3. The SMILES string of the molecule is O=C(OCCCCCNc1ccc([N+](=O)[O-])cn1)c1cccc([N+](=O)[O-])c1. The molecule has 0 amide bonds. The average molecular weight is 374 g/mol. The van der Waals surface area contributed by atoms with E-state index in [9.17, 15) is 25.0 Å². The Morgan fingerprint density at radius 1 is 1.04 bits per heavy atom. The average Bonchev–Trinajstić information content (AvgIpc) is 2.67. The molecule has 0 saturated carbocycles. The molecule has 0 saturated heterocycles. The summed E-state index contributed by atoms with van der Waals surface area (Å²) in [7, 11) is 0. The Kier molecular flexibility index (Phi) is 7.17. The third-order valence-electron chi connectivity index (χ3n) is 3.61. The van der Waals surface area contributed by atoms with Crippen molar-refractivity contribution in [2.24, 2.45) is 0 Å². The van der Waals surface area contributed by atoms with E-state index in [0.29, 0.717) is 18.8 Å². The number of nitro benzene ring substituents is 1. The first-order valence-corrected chi connectivity index (χ1v) is 8.23. The van der Waals surface area contributed by atoms with Gasteiger partial charge in [-0.2, -0.15) is 0 Å². The molecule has 1 heterocycles. The first-order valence-electron chi connectivity index (χ1n) is 8.23. The maximum absolute atomic E-state index is 11.9. The van der Waals surface area contributed by atoms with Gasteiger partial charge in [-0.15, -0.1) is 0 Å². The monoisotopic (exact) mass is 374 g/mol. The predicted octanol–water partition coefficient (Wildman–Crippen LogP) is 3.34. The number of ether oxygens (including phenoxy) is 1. The van der Waals surface area contributed by atoms with Gasteiger partial charge in [-0.3, -0.25) is 20.2 Å². The van der Waals surface area contributed by atoms with Crippen molar-refractivity contribution in [2.45, 2.75) is 19.3 Å². The molecule has 0 unspecified atom stereocenters. The molecule has 0 radical (unpaired) electrons. The first kappa shape index (κ1) is 19.8. The molecule has 1 aromatic heterocycles. The van der Waals surface area contributed by atoms with Crippen molar-refractivity contribution in [1.82, 2.24) is 4.98 Å². The fourth-order valence-electron chi connectivity index (χ4n) is 2.21. The lowest BCUT2D eigenvalue weighted by Gasteiger charge is -2.06. The summed E-state index contributed by atoms with van der Waals surface area (Å²) in [6.07, 6.45) is 3.43. The van der Waals surface area contributed by atoms with Crippen LogP contribution in [0.2, 0.25) is 0 Å².